The van der Waals surface area contributed by atoms with Crippen LogP contribution in [-0.4, -0.2) is 73.3 Å². The Bertz CT molecular complexity index is 1860. The van der Waals surface area contributed by atoms with Gasteiger partial charge in [-0.15, -0.1) is 0 Å². The van der Waals surface area contributed by atoms with Gasteiger partial charge in [-0.1, -0.05) is 31.2 Å². The summed E-state index contributed by atoms with van der Waals surface area (Å²) >= 11 is 0. The number of benzene rings is 1. The molecule has 4 aromatic rings. The molecule has 2 amide bonds. The van der Waals surface area contributed by atoms with Crippen molar-refractivity contribution in [3.63, 3.8) is 0 Å². The number of fused-ring (bicyclic) bond motifs is 2. The van der Waals surface area contributed by atoms with Crippen LogP contribution in [0.5, 0.6) is 0 Å². The summed E-state index contributed by atoms with van der Waals surface area (Å²) in [5.41, 5.74) is 8.34. The lowest BCUT2D eigenvalue weighted by atomic mass is 9.91. The van der Waals surface area contributed by atoms with Crippen LogP contribution in [0.15, 0.2) is 45.9 Å². The molecule has 2 aliphatic rings. The monoisotopic (exact) mass is 599 g/mol. The fourth-order valence-corrected chi connectivity index (χ4v) is 6.00. The van der Waals surface area contributed by atoms with E-state index < -0.39 is 23.4 Å². The third kappa shape index (κ3) is 5.18. The normalized spacial score (nSPS) is 16.6. The minimum atomic E-state index is -0.582. The zero-order valence-corrected chi connectivity index (χ0v) is 25.7. The van der Waals surface area contributed by atoms with Gasteiger partial charge in [-0.3, -0.25) is 4.79 Å². The summed E-state index contributed by atoms with van der Waals surface area (Å²) in [6, 6.07) is 6.91. The number of anilines is 1. The third-order valence-corrected chi connectivity index (χ3v) is 8.26. The van der Waals surface area contributed by atoms with E-state index in [1.165, 1.54) is 6.33 Å². The Labute approximate surface area is 254 Å². The van der Waals surface area contributed by atoms with Crippen molar-refractivity contribution in [2.24, 2.45) is 5.92 Å². The lowest BCUT2D eigenvalue weighted by Gasteiger charge is -2.41. The quantitative estimate of drug-likeness (QED) is 0.357. The molecule has 0 radical (unpaired) electrons. The smallest absolute Gasteiger partial charge is 0.410 e. The van der Waals surface area contributed by atoms with Gasteiger partial charge in [-0.25, -0.2) is 24.2 Å². The highest BCUT2D eigenvalue weighted by molar-refractivity contribution is 5.95. The number of aromatic nitrogens is 4. The van der Waals surface area contributed by atoms with E-state index >= 15 is 0 Å². The number of aryl methyl sites for hydroxylation is 1. The lowest BCUT2D eigenvalue weighted by molar-refractivity contribution is -0.140. The second-order valence-electron chi connectivity index (χ2n) is 12.4. The van der Waals surface area contributed by atoms with Crippen LogP contribution in [0.1, 0.15) is 64.1 Å². The average molecular weight is 600 g/mol. The Kier molecular flexibility index (Phi) is 7.38. The molecule has 1 aromatic carbocycles. The number of rotatable bonds is 5. The van der Waals surface area contributed by atoms with Crippen molar-refractivity contribution >= 4 is 45.2 Å². The van der Waals surface area contributed by atoms with E-state index in [9.17, 15) is 14.4 Å². The van der Waals surface area contributed by atoms with Crippen molar-refractivity contribution in [2.45, 2.75) is 59.1 Å². The van der Waals surface area contributed by atoms with Crippen molar-refractivity contribution in [1.29, 1.82) is 0 Å². The second kappa shape index (κ2) is 11.1. The first-order chi connectivity index (χ1) is 21.0. The van der Waals surface area contributed by atoms with Crippen molar-refractivity contribution in [3.8, 4) is 0 Å². The molecule has 1 atom stereocenters. The standard InChI is InChI=1S/C32H37N7O5/c1-6-23-25-27(33)34-17-35-28(25)39(36-23)18(2)26-24(21-9-7-8-10-22(21)30(41)43-26)19-11-13-37(14-12-19)29(40)20-15-38(16-20)31(42)44-32(3,4)5/h7-11,17-18,20H,6,12-16H2,1-5H3,(H2,33,34,35). The fraction of sp³-hybridized carbons (Fsp3) is 0.438. The third-order valence-electron chi connectivity index (χ3n) is 8.26. The molecule has 5 heterocycles. The minimum absolute atomic E-state index is 0.0190. The molecule has 3 aromatic heterocycles. The molecule has 2 aliphatic heterocycles. The molecule has 2 N–H and O–H groups in total. The molecule has 0 saturated carbocycles. The Hall–Kier alpha value is -4.74. The molecule has 1 fully saturated rings. The van der Waals surface area contributed by atoms with E-state index in [0.717, 1.165) is 22.2 Å². The number of nitrogen functional groups attached to an aromatic ring is 1. The molecule has 12 heteroatoms. The highest BCUT2D eigenvalue weighted by Crippen LogP contribution is 2.37. The Morgan fingerprint density at radius 3 is 2.52 bits per heavy atom. The maximum atomic E-state index is 13.3. The first-order valence-corrected chi connectivity index (χ1v) is 15.0. The van der Waals surface area contributed by atoms with Gasteiger partial charge < -0.3 is 24.7 Å². The fourth-order valence-electron chi connectivity index (χ4n) is 6.00. The number of hydrogen-bond acceptors (Lipinski definition) is 9. The van der Waals surface area contributed by atoms with E-state index in [2.05, 4.69) is 9.97 Å². The lowest BCUT2D eigenvalue weighted by Crippen LogP contribution is -2.57. The highest BCUT2D eigenvalue weighted by Gasteiger charge is 2.40. The molecule has 0 bridgehead atoms. The van der Waals surface area contributed by atoms with Gasteiger partial charge in [-0.2, -0.15) is 5.10 Å². The largest absolute Gasteiger partial charge is 0.444 e. The molecule has 1 saturated heterocycles. The molecule has 0 spiro atoms. The number of nitrogens with zero attached hydrogens (tertiary/aromatic N) is 6. The van der Waals surface area contributed by atoms with E-state index in [1.54, 1.807) is 15.6 Å². The van der Waals surface area contributed by atoms with Gasteiger partial charge in [0, 0.05) is 31.7 Å². The number of ether oxygens (including phenoxy) is 1. The Morgan fingerprint density at radius 1 is 1.14 bits per heavy atom. The van der Waals surface area contributed by atoms with Gasteiger partial charge in [0.25, 0.3) is 0 Å². The van der Waals surface area contributed by atoms with Crippen molar-refractivity contribution in [1.82, 2.24) is 29.5 Å². The zero-order chi connectivity index (χ0) is 31.3. The molecular weight excluding hydrogens is 562 g/mol. The molecule has 230 valence electrons. The van der Waals surface area contributed by atoms with Crippen LogP contribution >= 0.6 is 0 Å². The van der Waals surface area contributed by atoms with Crippen LogP contribution in [0.25, 0.3) is 27.4 Å². The number of hydrogen-bond donors (Lipinski definition) is 1. The summed E-state index contributed by atoms with van der Waals surface area (Å²) in [7, 11) is 0. The minimum Gasteiger partial charge on any atom is -0.444 e. The van der Waals surface area contributed by atoms with Crippen LogP contribution in [0.3, 0.4) is 0 Å². The van der Waals surface area contributed by atoms with Gasteiger partial charge in [0.05, 0.1) is 22.4 Å². The maximum Gasteiger partial charge on any atom is 0.410 e. The number of likely N-dealkylation sites (tertiary alicyclic amines) is 1. The molecular formula is C32H37N7O5. The number of carbonyl (C=O) groups excluding carboxylic acids is 2. The van der Waals surface area contributed by atoms with Crippen LogP contribution in [0.4, 0.5) is 10.6 Å². The summed E-state index contributed by atoms with van der Waals surface area (Å²) < 4.78 is 13.2. The van der Waals surface area contributed by atoms with E-state index in [-0.39, 0.29) is 11.8 Å². The van der Waals surface area contributed by atoms with E-state index in [1.807, 2.05) is 63.8 Å². The van der Waals surface area contributed by atoms with E-state index in [0.29, 0.717) is 67.0 Å². The highest BCUT2D eigenvalue weighted by atomic mass is 16.6. The number of nitrogens with two attached hydrogens (primary N) is 1. The van der Waals surface area contributed by atoms with Gasteiger partial charge in [0.15, 0.2) is 5.65 Å². The predicted molar refractivity (Wildman–Crippen MR) is 166 cm³/mol. The van der Waals surface area contributed by atoms with Crippen molar-refractivity contribution < 1.29 is 18.7 Å². The maximum absolute atomic E-state index is 13.3. The van der Waals surface area contributed by atoms with Crippen molar-refractivity contribution in [2.75, 3.05) is 31.9 Å². The van der Waals surface area contributed by atoms with Crippen LogP contribution < -0.4 is 11.4 Å². The first-order valence-electron chi connectivity index (χ1n) is 15.0. The van der Waals surface area contributed by atoms with E-state index in [4.69, 9.17) is 20.0 Å². The summed E-state index contributed by atoms with van der Waals surface area (Å²) in [5, 5.41) is 6.77. The van der Waals surface area contributed by atoms with Crippen molar-refractivity contribution in [3.05, 3.63) is 64.1 Å². The first kappa shape index (κ1) is 29.3. The van der Waals surface area contributed by atoms with Gasteiger partial charge in [-0.05, 0) is 57.6 Å². The van der Waals surface area contributed by atoms with Crippen LogP contribution in [0.2, 0.25) is 0 Å². The molecule has 6 rings (SSSR count). The van der Waals surface area contributed by atoms with Crippen LogP contribution in [-0.2, 0) is 16.0 Å². The second-order valence-corrected chi connectivity index (χ2v) is 12.4. The molecule has 0 aliphatic carbocycles. The van der Waals surface area contributed by atoms with Gasteiger partial charge in [0.1, 0.15) is 29.5 Å². The molecule has 12 nitrogen and oxygen atoms in total. The Morgan fingerprint density at radius 2 is 1.86 bits per heavy atom. The summed E-state index contributed by atoms with van der Waals surface area (Å²) in [6.45, 7) is 11.0. The van der Waals surface area contributed by atoms with Crippen LogP contribution in [0, 0.1) is 5.92 Å². The Balaban J connectivity index is 1.31. The summed E-state index contributed by atoms with van der Waals surface area (Å²) in [4.78, 5) is 50.8. The molecule has 1 unspecified atom stereocenters. The number of amides is 2. The summed E-state index contributed by atoms with van der Waals surface area (Å²) in [6.07, 6.45) is 4.24. The summed E-state index contributed by atoms with van der Waals surface area (Å²) in [5.74, 6) is 0.589. The van der Waals surface area contributed by atoms with Gasteiger partial charge in [0.2, 0.25) is 5.91 Å². The topological polar surface area (TPSA) is 150 Å². The number of carbonyl (C=O) groups is 2. The zero-order valence-electron chi connectivity index (χ0n) is 25.7. The molecule has 44 heavy (non-hydrogen) atoms. The van der Waals surface area contributed by atoms with Gasteiger partial charge >= 0.3 is 11.7 Å². The average Bonchev–Trinajstić information content (AvgIpc) is 3.35. The SMILES string of the molecule is CCc1nn(C(C)c2oc(=O)c3ccccc3c2C2=CCN(C(=O)C3CN(C(=O)OC(C)(C)C)C3)CC2)c2ncnc(N)c12. The predicted octanol–water partition coefficient (Wildman–Crippen LogP) is 4.17.